The van der Waals surface area contributed by atoms with Gasteiger partial charge in [0, 0.05) is 12.7 Å². The lowest BCUT2D eigenvalue weighted by molar-refractivity contribution is -0.140. The number of nitrogens with two attached hydrogens (primary N) is 1. The number of hydrogen-bond acceptors (Lipinski definition) is 3. The van der Waals surface area contributed by atoms with Gasteiger partial charge in [-0.3, -0.25) is 9.59 Å². The summed E-state index contributed by atoms with van der Waals surface area (Å²) in [6.07, 6.45) is 1.27. The van der Waals surface area contributed by atoms with Crippen molar-refractivity contribution >= 4 is 17.8 Å². The number of carbonyl (C=O) groups excluding carboxylic acids is 2. The quantitative estimate of drug-likeness (QED) is 0.637. The fourth-order valence-corrected chi connectivity index (χ4v) is 1.53. The molecule has 0 saturated heterocycles. The number of carboxylic acid groups (broad SMARTS) is 1. The van der Waals surface area contributed by atoms with Crippen LogP contribution in [0.25, 0.3) is 0 Å². The highest BCUT2D eigenvalue weighted by atomic mass is 16.4. The number of aromatic nitrogens is 1. The van der Waals surface area contributed by atoms with Crippen LogP contribution in [0.2, 0.25) is 0 Å². The minimum Gasteiger partial charge on any atom is -0.480 e. The second-order valence-corrected chi connectivity index (χ2v) is 3.71. The Morgan fingerprint density at radius 3 is 2.67 bits per heavy atom. The van der Waals surface area contributed by atoms with Crippen molar-refractivity contribution in [2.75, 3.05) is 0 Å². The summed E-state index contributed by atoms with van der Waals surface area (Å²) in [4.78, 5) is 33.4. The van der Waals surface area contributed by atoms with Crippen LogP contribution in [0.5, 0.6) is 0 Å². The Morgan fingerprint density at radius 1 is 1.50 bits per heavy atom. The highest BCUT2D eigenvalue weighted by molar-refractivity contribution is 5.96. The molecule has 1 rings (SSSR count). The lowest BCUT2D eigenvalue weighted by Crippen LogP contribution is -2.43. The second kappa shape index (κ2) is 5.85. The topological polar surface area (TPSA) is 114 Å². The molecule has 0 radical (unpaired) electrons. The Balaban J connectivity index is 2.78. The monoisotopic (exact) mass is 253 g/mol. The molecule has 7 heteroatoms. The third kappa shape index (κ3) is 3.34. The van der Waals surface area contributed by atoms with Gasteiger partial charge in [0.15, 0.2) is 0 Å². The van der Waals surface area contributed by atoms with Crippen molar-refractivity contribution in [3.05, 3.63) is 24.0 Å². The smallest absolute Gasteiger partial charge is 0.326 e. The first-order chi connectivity index (χ1) is 8.45. The summed E-state index contributed by atoms with van der Waals surface area (Å²) in [5, 5.41) is 11.1. The summed E-state index contributed by atoms with van der Waals surface area (Å²) < 4.78 is 1.67. The number of carboxylic acids is 1. The van der Waals surface area contributed by atoms with Crippen molar-refractivity contribution in [1.82, 2.24) is 9.88 Å². The molecular formula is C11H15N3O4. The van der Waals surface area contributed by atoms with Gasteiger partial charge in [-0.1, -0.05) is 0 Å². The molecule has 0 aliphatic rings. The van der Waals surface area contributed by atoms with E-state index in [1.807, 2.05) is 6.92 Å². The first-order valence-corrected chi connectivity index (χ1v) is 5.42. The van der Waals surface area contributed by atoms with Crippen LogP contribution >= 0.6 is 0 Å². The fourth-order valence-electron chi connectivity index (χ4n) is 1.53. The largest absolute Gasteiger partial charge is 0.480 e. The fraction of sp³-hybridized carbons (Fsp3) is 0.364. The molecule has 0 spiro atoms. The van der Waals surface area contributed by atoms with E-state index < -0.39 is 30.2 Å². The molecule has 1 heterocycles. The Bertz CT molecular complexity index is 467. The van der Waals surface area contributed by atoms with E-state index in [0.29, 0.717) is 12.2 Å². The molecule has 1 atom stereocenters. The first kappa shape index (κ1) is 13.8. The van der Waals surface area contributed by atoms with Gasteiger partial charge in [0.1, 0.15) is 11.7 Å². The van der Waals surface area contributed by atoms with E-state index in [0.717, 1.165) is 0 Å². The van der Waals surface area contributed by atoms with Crippen LogP contribution in [-0.4, -0.2) is 33.5 Å². The van der Waals surface area contributed by atoms with E-state index in [-0.39, 0.29) is 0 Å². The Kier molecular flexibility index (Phi) is 4.47. The minimum absolute atomic E-state index is 0.341. The van der Waals surface area contributed by atoms with Crippen molar-refractivity contribution in [3.8, 4) is 0 Å². The van der Waals surface area contributed by atoms with Crippen molar-refractivity contribution in [3.63, 3.8) is 0 Å². The number of nitrogens with zero attached hydrogens (tertiary/aromatic N) is 1. The maximum atomic E-state index is 11.8. The molecular weight excluding hydrogens is 238 g/mol. The Morgan fingerprint density at radius 2 is 2.17 bits per heavy atom. The Hall–Kier alpha value is -2.31. The standard InChI is InChI=1S/C11H15N3O4/c1-2-14-5-3-4-8(14)10(16)13-7(11(17)18)6-9(12)15/h3-5,7H,2,6H2,1H3,(H2,12,15)(H,13,16)(H,17,18)/t7-/m1/s1. The average Bonchev–Trinajstić information content (AvgIpc) is 2.75. The van der Waals surface area contributed by atoms with E-state index in [9.17, 15) is 14.4 Å². The summed E-state index contributed by atoms with van der Waals surface area (Å²) in [7, 11) is 0. The van der Waals surface area contributed by atoms with Crippen LogP contribution in [0.15, 0.2) is 18.3 Å². The number of amides is 2. The summed E-state index contributed by atoms with van der Waals surface area (Å²) in [6, 6.07) is 1.94. The molecule has 18 heavy (non-hydrogen) atoms. The normalized spacial score (nSPS) is 11.8. The molecule has 0 bridgehead atoms. The van der Waals surface area contributed by atoms with Gasteiger partial charge in [-0.25, -0.2) is 4.79 Å². The lowest BCUT2D eigenvalue weighted by Gasteiger charge is -2.13. The van der Waals surface area contributed by atoms with E-state index in [4.69, 9.17) is 10.8 Å². The maximum absolute atomic E-state index is 11.8. The third-order valence-electron chi connectivity index (χ3n) is 2.41. The van der Waals surface area contributed by atoms with Crippen LogP contribution in [0, 0.1) is 0 Å². The number of hydrogen-bond donors (Lipinski definition) is 3. The molecule has 98 valence electrons. The van der Waals surface area contributed by atoms with Gasteiger partial charge in [0.2, 0.25) is 5.91 Å². The summed E-state index contributed by atoms with van der Waals surface area (Å²) in [6.45, 7) is 2.44. The highest BCUT2D eigenvalue weighted by Crippen LogP contribution is 2.03. The molecule has 1 aromatic rings. The number of nitrogens with one attached hydrogen (secondary N) is 1. The van der Waals surface area contributed by atoms with Gasteiger partial charge < -0.3 is 20.7 Å². The molecule has 7 nitrogen and oxygen atoms in total. The van der Waals surface area contributed by atoms with Gasteiger partial charge in [0.05, 0.1) is 6.42 Å². The molecule has 0 saturated carbocycles. The van der Waals surface area contributed by atoms with Crippen molar-refractivity contribution < 1.29 is 19.5 Å². The predicted octanol–water partition coefficient (Wildman–Crippen LogP) is -0.434. The van der Waals surface area contributed by atoms with Crippen molar-refractivity contribution in [2.45, 2.75) is 25.9 Å². The SMILES string of the molecule is CCn1cccc1C(=O)N[C@H](CC(N)=O)C(=O)O. The van der Waals surface area contributed by atoms with Gasteiger partial charge in [0.25, 0.3) is 5.91 Å². The molecule has 2 amide bonds. The zero-order chi connectivity index (χ0) is 13.7. The molecule has 0 unspecified atom stereocenters. The average molecular weight is 253 g/mol. The van der Waals surface area contributed by atoms with Crippen molar-refractivity contribution in [1.29, 1.82) is 0 Å². The van der Waals surface area contributed by atoms with Crippen LogP contribution in [0.4, 0.5) is 0 Å². The summed E-state index contributed by atoms with van der Waals surface area (Å²) >= 11 is 0. The third-order valence-corrected chi connectivity index (χ3v) is 2.41. The lowest BCUT2D eigenvalue weighted by atomic mass is 10.2. The minimum atomic E-state index is -1.31. The first-order valence-electron chi connectivity index (χ1n) is 5.42. The molecule has 0 aliphatic heterocycles. The predicted molar refractivity (Wildman–Crippen MR) is 62.8 cm³/mol. The summed E-state index contributed by atoms with van der Waals surface area (Å²) in [5.74, 6) is -2.62. The number of rotatable bonds is 6. The van der Waals surface area contributed by atoms with Crippen LogP contribution in [-0.2, 0) is 16.1 Å². The van der Waals surface area contributed by atoms with E-state index in [1.54, 1.807) is 22.9 Å². The molecule has 1 aromatic heterocycles. The molecule has 0 aliphatic carbocycles. The number of aliphatic carboxylic acids is 1. The zero-order valence-electron chi connectivity index (χ0n) is 9.92. The van der Waals surface area contributed by atoms with E-state index >= 15 is 0 Å². The van der Waals surface area contributed by atoms with Gasteiger partial charge in [-0.15, -0.1) is 0 Å². The summed E-state index contributed by atoms with van der Waals surface area (Å²) in [5.41, 5.74) is 5.26. The van der Waals surface area contributed by atoms with Crippen LogP contribution < -0.4 is 11.1 Å². The van der Waals surface area contributed by atoms with Gasteiger partial charge in [-0.05, 0) is 19.1 Å². The highest BCUT2D eigenvalue weighted by Gasteiger charge is 2.23. The second-order valence-electron chi connectivity index (χ2n) is 3.71. The number of primary amides is 1. The molecule has 4 N–H and O–H groups in total. The van der Waals surface area contributed by atoms with Gasteiger partial charge >= 0.3 is 5.97 Å². The van der Waals surface area contributed by atoms with Gasteiger partial charge in [-0.2, -0.15) is 0 Å². The zero-order valence-corrected chi connectivity index (χ0v) is 9.92. The van der Waals surface area contributed by atoms with E-state index in [1.165, 1.54) is 0 Å². The molecule has 0 aromatic carbocycles. The number of aryl methyl sites for hydroxylation is 1. The van der Waals surface area contributed by atoms with Crippen molar-refractivity contribution in [2.24, 2.45) is 5.73 Å². The van der Waals surface area contributed by atoms with Crippen LogP contribution in [0.1, 0.15) is 23.8 Å². The van der Waals surface area contributed by atoms with Crippen LogP contribution in [0.3, 0.4) is 0 Å². The molecule has 0 fully saturated rings. The van der Waals surface area contributed by atoms with E-state index in [2.05, 4.69) is 5.32 Å². The number of carbonyl (C=O) groups is 3. The maximum Gasteiger partial charge on any atom is 0.326 e. The Labute approximate surface area is 104 Å².